The van der Waals surface area contributed by atoms with Crippen LogP contribution in [-0.4, -0.2) is 30.6 Å². The number of ether oxygens (including phenoxy) is 1. The number of nitrogens with one attached hydrogen (secondary N) is 2. The van der Waals surface area contributed by atoms with Crippen molar-refractivity contribution in [3.05, 3.63) is 76.2 Å². The maximum absolute atomic E-state index is 12.7. The zero-order valence-electron chi connectivity index (χ0n) is 20.7. The fraction of sp³-hybridized carbons (Fsp3) is 0.241. The van der Waals surface area contributed by atoms with Crippen molar-refractivity contribution in [3.8, 4) is 0 Å². The van der Waals surface area contributed by atoms with Crippen LogP contribution >= 0.6 is 11.3 Å². The van der Waals surface area contributed by atoms with Gasteiger partial charge in [0.1, 0.15) is 5.00 Å². The van der Waals surface area contributed by atoms with Crippen LogP contribution in [0.15, 0.2) is 59.7 Å². The van der Waals surface area contributed by atoms with E-state index in [0.29, 0.717) is 16.5 Å². The predicted molar refractivity (Wildman–Crippen MR) is 147 cm³/mol. The molecule has 2 N–H and O–H groups in total. The van der Waals surface area contributed by atoms with Crippen molar-refractivity contribution >= 4 is 61.9 Å². The van der Waals surface area contributed by atoms with E-state index >= 15 is 0 Å². The number of carbonyl (C=O) groups excluding carboxylic acids is 3. The molecule has 2 amide bonds. The number of benzene rings is 3. The molecule has 1 atom stereocenters. The molecule has 0 saturated carbocycles. The number of hydrazone groups is 1. The van der Waals surface area contributed by atoms with Gasteiger partial charge in [-0.05, 0) is 65.3 Å². The van der Waals surface area contributed by atoms with E-state index < -0.39 is 17.8 Å². The van der Waals surface area contributed by atoms with Crippen LogP contribution in [0.3, 0.4) is 0 Å². The zero-order chi connectivity index (χ0) is 25.9. The molecule has 188 valence electrons. The summed E-state index contributed by atoms with van der Waals surface area (Å²) in [4.78, 5) is 39.1. The molecule has 8 heteroatoms. The van der Waals surface area contributed by atoms with Crippen LogP contribution in [0.2, 0.25) is 0 Å². The molecule has 37 heavy (non-hydrogen) atoms. The van der Waals surface area contributed by atoms with E-state index in [2.05, 4.69) is 28.8 Å². The van der Waals surface area contributed by atoms with Crippen molar-refractivity contribution in [2.45, 2.75) is 33.1 Å². The second kappa shape index (κ2) is 10.5. The van der Waals surface area contributed by atoms with Gasteiger partial charge in [0.25, 0.3) is 0 Å². The summed E-state index contributed by atoms with van der Waals surface area (Å²) >= 11 is 1.34. The van der Waals surface area contributed by atoms with Crippen LogP contribution in [-0.2, 0) is 27.2 Å². The standard InChI is InChI=1S/C29H27N3O4S/c1-3-36-29(35)25-22-13-12-17(2)14-24(22)37-28(25)31-26(33)27(34)32-30-16-23-20-10-6-4-8-18(20)15-19-9-5-7-11-21(19)23/h4-11,15-17H,3,12-14H2,1-2H3,(H,31,33)(H,32,34). The van der Waals surface area contributed by atoms with E-state index in [1.807, 2.05) is 48.5 Å². The van der Waals surface area contributed by atoms with Gasteiger partial charge >= 0.3 is 17.8 Å². The Morgan fingerprint density at radius 2 is 1.73 bits per heavy atom. The van der Waals surface area contributed by atoms with Crippen LogP contribution < -0.4 is 10.7 Å². The number of hydrogen-bond donors (Lipinski definition) is 2. The minimum Gasteiger partial charge on any atom is -0.462 e. The van der Waals surface area contributed by atoms with E-state index in [1.54, 1.807) is 13.1 Å². The molecule has 0 saturated heterocycles. The van der Waals surface area contributed by atoms with Crippen LogP contribution in [0.1, 0.15) is 46.6 Å². The third kappa shape index (κ3) is 4.97. The van der Waals surface area contributed by atoms with Gasteiger partial charge in [0.05, 0.1) is 18.4 Å². The van der Waals surface area contributed by atoms with Gasteiger partial charge in [-0.15, -0.1) is 11.3 Å². The Hall–Kier alpha value is -4.04. The molecule has 0 bridgehead atoms. The highest BCUT2D eigenvalue weighted by Crippen LogP contribution is 2.40. The third-order valence-corrected chi connectivity index (χ3v) is 7.77. The van der Waals surface area contributed by atoms with Gasteiger partial charge in [0, 0.05) is 10.4 Å². The highest BCUT2D eigenvalue weighted by Gasteiger charge is 2.30. The fourth-order valence-electron chi connectivity index (χ4n) is 4.81. The summed E-state index contributed by atoms with van der Waals surface area (Å²) in [5.41, 5.74) is 4.45. The molecular formula is C29H27N3O4S. The summed E-state index contributed by atoms with van der Waals surface area (Å²) in [6.07, 6.45) is 4.09. The van der Waals surface area contributed by atoms with E-state index in [-0.39, 0.29) is 6.61 Å². The highest BCUT2D eigenvalue weighted by molar-refractivity contribution is 7.17. The molecule has 0 fully saturated rings. The number of rotatable bonds is 5. The molecule has 5 rings (SSSR count). The number of fused-ring (bicyclic) bond motifs is 3. The second-order valence-electron chi connectivity index (χ2n) is 9.16. The van der Waals surface area contributed by atoms with E-state index in [9.17, 15) is 14.4 Å². The SMILES string of the molecule is CCOC(=O)c1c(NC(=O)C(=O)NN=Cc2c3ccccc3cc3ccccc23)sc2c1CCC(C)C2. The first-order valence-electron chi connectivity index (χ1n) is 12.3. The molecule has 1 heterocycles. The van der Waals surface area contributed by atoms with Gasteiger partial charge in [0.2, 0.25) is 0 Å². The number of anilines is 1. The maximum Gasteiger partial charge on any atom is 0.341 e. The van der Waals surface area contributed by atoms with E-state index in [1.165, 1.54) is 11.3 Å². The van der Waals surface area contributed by atoms with Gasteiger partial charge in [0.15, 0.2) is 0 Å². The monoisotopic (exact) mass is 513 g/mol. The topological polar surface area (TPSA) is 96.9 Å². The third-order valence-electron chi connectivity index (χ3n) is 6.60. The van der Waals surface area contributed by atoms with Crippen molar-refractivity contribution in [3.63, 3.8) is 0 Å². The lowest BCUT2D eigenvalue weighted by Gasteiger charge is -2.18. The minimum atomic E-state index is -0.921. The van der Waals surface area contributed by atoms with Crippen molar-refractivity contribution in [1.82, 2.24) is 5.43 Å². The molecule has 4 aromatic rings. The number of esters is 1. The number of thiophene rings is 1. The molecule has 1 aromatic heterocycles. The lowest BCUT2D eigenvalue weighted by atomic mass is 9.88. The summed E-state index contributed by atoms with van der Waals surface area (Å²) in [7, 11) is 0. The number of hydrogen-bond acceptors (Lipinski definition) is 6. The van der Waals surface area contributed by atoms with Gasteiger partial charge in [-0.2, -0.15) is 5.10 Å². The fourth-order valence-corrected chi connectivity index (χ4v) is 6.21. The molecule has 1 aliphatic carbocycles. The molecule has 7 nitrogen and oxygen atoms in total. The Morgan fingerprint density at radius 1 is 1.05 bits per heavy atom. The van der Waals surface area contributed by atoms with Crippen molar-refractivity contribution in [1.29, 1.82) is 0 Å². The van der Waals surface area contributed by atoms with E-state index in [4.69, 9.17) is 4.74 Å². The van der Waals surface area contributed by atoms with Gasteiger partial charge in [-0.25, -0.2) is 10.2 Å². The Bertz CT molecular complexity index is 1500. The average Bonchev–Trinajstić information content (AvgIpc) is 3.25. The first-order chi connectivity index (χ1) is 18.0. The first-order valence-corrected chi connectivity index (χ1v) is 13.1. The Balaban J connectivity index is 1.36. The number of carbonyl (C=O) groups is 3. The number of nitrogens with zero attached hydrogens (tertiary/aromatic N) is 1. The Kier molecular flexibility index (Phi) is 7.01. The predicted octanol–water partition coefficient (Wildman–Crippen LogP) is 5.44. The van der Waals surface area contributed by atoms with E-state index in [0.717, 1.165) is 56.8 Å². The summed E-state index contributed by atoms with van der Waals surface area (Å²) in [5, 5.41) is 11.1. The smallest absolute Gasteiger partial charge is 0.341 e. The van der Waals surface area contributed by atoms with Crippen LogP contribution in [0, 0.1) is 5.92 Å². The quantitative estimate of drug-likeness (QED) is 0.122. The second-order valence-corrected chi connectivity index (χ2v) is 10.3. The summed E-state index contributed by atoms with van der Waals surface area (Å²) in [5.74, 6) is -1.80. The Morgan fingerprint density at radius 3 is 2.41 bits per heavy atom. The minimum absolute atomic E-state index is 0.227. The molecule has 0 spiro atoms. The molecular weight excluding hydrogens is 486 g/mol. The lowest BCUT2D eigenvalue weighted by molar-refractivity contribution is -0.136. The molecule has 3 aromatic carbocycles. The summed E-state index contributed by atoms with van der Waals surface area (Å²) in [6, 6.07) is 18.0. The van der Waals surface area contributed by atoms with Gasteiger partial charge in [-0.1, -0.05) is 55.5 Å². The average molecular weight is 514 g/mol. The maximum atomic E-state index is 12.7. The van der Waals surface area contributed by atoms with Crippen molar-refractivity contribution in [2.24, 2.45) is 11.0 Å². The zero-order valence-corrected chi connectivity index (χ0v) is 21.5. The lowest BCUT2D eigenvalue weighted by Crippen LogP contribution is -2.32. The molecule has 1 aliphatic rings. The van der Waals surface area contributed by atoms with Crippen LogP contribution in [0.4, 0.5) is 5.00 Å². The van der Waals surface area contributed by atoms with Gasteiger partial charge in [-0.3, -0.25) is 9.59 Å². The largest absolute Gasteiger partial charge is 0.462 e. The summed E-state index contributed by atoms with van der Waals surface area (Å²) < 4.78 is 5.24. The Labute approximate surface area is 218 Å². The molecule has 0 radical (unpaired) electrons. The normalized spacial score (nSPS) is 15.0. The van der Waals surface area contributed by atoms with Gasteiger partial charge < -0.3 is 10.1 Å². The van der Waals surface area contributed by atoms with Crippen LogP contribution in [0.25, 0.3) is 21.5 Å². The molecule has 0 aliphatic heterocycles. The van der Waals surface area contributed by atoms with Crippen molar-refractivity contribution in [2.75, 3.05) is 11.9 Å². The summed E-state index contributed by atoms with van der Waals surface area (Å²) in [6.45, 7) is 4.13. The van der Waals surface area contributed by atoms with Crippen molar-refractivity contribution < 1.29 is 19.1 Å². The molecule has 1 unspecified atom stereocenters. The first kappa shape index (κ1) is 24.6. The highest BCUT2D eigenvalue weighted by atomic mass is 32.1. The number of amides is 2. The van der Waals surface area contributed by atoms with Crippen LogP contribution in [0.5, 0.6) is 0 Å².